The fourth-order valence-corrected chi connectivity index (χ4v) is 26.6. The molecule has 12 heteroatoms. The van der Waals surface area contributed by atoms with E-state index in [0.717, 1.165) is 162 Å². The zero-order valence-electron chi connectivity index (χ0n) is 75.7. The van der Waals surface area contributed by atoms with E-state index in [2.05, 4.69) is 333 Å². The van der Waals surface area contributed by atoms with Crippen LogP contribution in [0.25, 0.3) is 243 Å². The SMILES string of the molecule is c1ccc2c(c1)Cc1c-2ccc2c1-c1ccc3c(c1C2)c1ncccc1n1c2ccccc2nc31.c1ccc2c(c1)Cc1c-2ccc2c1Cc1c-2ccc2c1c1ncccc1n1c3ccccc3nc21.c1ccc2c(c1)Cc1cc3c(cc1-2)Cc1c-3ccc2c1c1ncccc1n1c3ccccc3nc21.c1ccc2c(c1)Cc1ccc3c(c1-2)Cc1c-3ccc2c1c1ncccc1n1c3ccccc3nc21. The minimum atomic E-state index is 0.930. The first-order valence-electron chi connectivity index (χ1n) is 48.8. The van der Waals surface area contributed by atoms with E-state index in [1.165, 1.54) is 221 Å². The molecule has 12 aromatic heterocycles. The van der Waals surface area contributed by atoms with Crippen molar-refractivity contribution in [2.24, 2.45) is 0 Å². The Morgan fingerprint density at radius 1 is 0.164 bits per heavy atom. The van der Waals surface area contributed by atoms with Crippen molar-refractivity contribution in [3.05, 3.63) is 454 Å². The van der Waals surface area contributed by atoms with E-state index in [4.69, 9.17) is 39.9 Å². The lowest BCUT2D eigenvalue weighted by Crippen LogP contribution is -1.96. The smallest absolute Gasteiger partial charge is 0.146 e. The summed E-state index contributed by atoms with van der Waals surface area (Å²) < 4.78 is 9.12. The molecule has 140 heavy (non-hydrogen) atoms. The summed E-state index contributed by atoms with van der Waals surface area (Å²) >= 11 is 0. The lowest BCUT2D eigenvalue weighted by atomic mass is 9.94. The number of imidazole rings is 4. The zero-order chi connectivity index (χ0) is 90.7. The largest absolute Gasteiger partial charge is 0.290 e. The molecule has 12 nitrogen and oxygen atoms in total. The third-order valence-corrected chi connectivity index (χ3v) is 32.4. The molecule has 0 N–H and O–H groups in total. The van der Waals surface area contributed by atoms with E-state index in [1.54, 1.807) is 0 Å². The van der Waals surface area contributed by atoms with Crippen LogP contribution in [-0.2, 0) is 51.4 Å². The summed E-state index contributed by atoms with van der Waals surface area (Å²) in [5, 5.41) is 9.71. The second-order valence-electron chi connectivity index (χ2n) is 39.2. The standard InChI is InChI=1S/4C32H19N3/c1-2-7-20-18(6-1)16-24-21(20)12-11-19-17-25-22(29(19)24)13-14-23-30(25)31-28(10-5-15-33-31)35-27-9-4-3-8-26(27)34-32(23)35;1-2-7-20-18(6-1)16-19-11-12-21-22-13-14-23-30(25(22)17-24(21)29(19)20)31-28(10-5-15-33-31)35-27-9-4-3-8-26(27)34-32(23)35;1-2-7-19-18(6-1)16-24-20(19)11-12-21-22-13-14-23-30(26(22)17-25(21)24)31-29(10-5-15-33-31)35-28-9-4-3-8-27(28)34-32(23)35;1-2-7-21-18(6-1)14-19-15-25-20(16-24(19)21)17-26-22(25)11-12-23-30(26)31-29(10-5-13-33-31)35-28-9-4-3-8-27(28)34-32(23)35/h3*1-15H,16-17H2;1-13,15-16H,14,17H2. The molecule has 28 aromatic rings. The summed E-state index contributed by atoms with van der Waals surface area (Å²) in [6, 6.07) is 123. The number of para-hydroxylation sites is 8. The highest BCUT2D eigenvalue weighted by Gasteiger charge is 2.37. The summed E-state index contributed by atoms with van der Waals surface area (Å²) in [5.41, 5.74) is 66.5. The van der Waals surface area contributed by atoms with Gasteiger partial charge in [0.15, 0.2) is 0 Å². The predicted molar refractivity (Wildman–Crippen MR) is 568 cm³/mol. The maximum atomic E-state index is 5.09. The molecule has 0 radical (unpaired) electrons. The Kier molecular flexibility index (Phi) is 15.0. The molecule has 16 aromatic carbocycles. The summed E-state index contributed by atoms with van der Waals surface area (Å²) in [5.74, 6) is 0. The van der Waals surface area contributed by atoms with Gasteiger partial charge in [0, 0.05) is 67.9 Å². The average Bonchev–Trinajstić information content (AvgIpc) is 1.55. The van der Waals surface area contributed by atoms with E-state index in [9.17, 15) is 0 Å². The van der Waals surface area contributed by atoms with Crippen molar-refractivity contribution >= 4 is 154 Å². The van der Waals surface area contributed by atoms with E-state index in [1.807, 2.05) is 49.1 Å². The van der Waals surface area contributed by atoms with Gasteiger partial charge in [0.05, 0.1) is 88.3 Å². The van der Waals surface area contributed by atoms with E-state index in [-0.39, 0.29) is 0 Å². The Balaban J connectivity index is 0.0000000829. The lowest BCUT2D eigenvalue weighted by Gasteiger charge is -2.13. The number of benzene rings is 16. The van der Waals surface area contributed by atoms with E-state index < -0.39 is 0 Å². The van der Waals surface area contributed by atoms with Crippen LogP contribution in [0, 0.1) is 0 Å². The third-order valence-electron chi connectivity index (χ3n) is 32.4. The zero-order valence-corrected chi connectivity index (χ0v) is 75.7. The molecule has 0 saturated carbocycles. The molecule has 0 saturated heterocycles. The van der Waals surface area contributed by atoms with Crippen LogP contribution in [0.2, 0.25) is 0 Å². The Morgan fingerprint density at radius 2 is 0.421 bits per heavy atom. The monoisotopic (exact) mass is 1780 g/mol. The van der Waals surface area contributed by atoms with Gasteiger partial charge in [0.2, 0.25) is 0 Å². The van der Waals surface area contributed by atoms with Crippen LogP contribution in [0.15, 0.2) is 365 Å². The second-order valence-corrected chi connectivity index (χ2v) is 39.2. The molecular formula is C128H76N12. The number of hydrogen-bond acceptors (Lipinski definition) is 8. The van der Waals surface area contributed by atoms with Crippen molar-refractivity contribution in [2.45, 2.75) is 51.4 Å². The summed E-state index contributed by atoms with van der Waals surface area (Å²) in [6.07, 6.45) is 15.5. The molecule has 8 aliphatic rings. The second kappa shape index (κ2) is 27.9. The Morgan fingerprint density at radius 3 is 0.886 bits per heavy atom. The van der Waals surface area contributed by atoms with Gasteiger partial charge in [-0.3, -0.25) is 37.5 Å². The number of aromatic nitrogens is 12. The summed E-state index contributed by atoms with van der Waals surface area (Å²) in [4.78, 5) is 40.1. The van der Waals surface area contributed by atoms with E-state index in [0.29, 0.717) is 0 Å². The quantitative estimate of drug-likeness (QED) is 0.138. The topological polar surface area (TPSA) is 121 Å². The van der Waals surface area contributed by atoms with Crippen molar-refractivity contribution in [2.75, 3.05) is 0 Å². The fraction of sp³-hybridized carbons (Fsp3) is 0.0625. The highest BCUT2D eigenvalue weighted by atomic mass is 15.1. The Bertz CT molecular complexity index is 10600. The first-order chi connectivity index (χ1) is 69.4. The van der Waals surface area contributed by atoms with Crippen LogP contribution in [-0.4, -0.2) is 57.5 Å². The maximum Gasteiger partial charge on any atom is 0.146 e. The molecule has 0 aliphatic heterocycles. The summed E-state index contributed by atoms with van der Waals surface area (Å²) in [6.45, 7) is 0. The molecule has 0 spiro atoms. The highest BCUT2D eigenvalue weighted by molar-refractivity contribution is 6.21. The van der Waals surface area contributed by atoms with Gasteiger partial charge in [-0.25, -0.2) is 19.9 Å². The van der Waals surface area contributed by atoms with Gasteiger partial charge in [-0.2, -0.15) is 0 Å². The van der Waals surface area contributed by atoms with Gasteiger partial charge in [0.1, 0.15) is 22.6 Å². The first kappa shape index (κ1) is 75.3. The molecule has 0 fully saturated rings. The Hall–Kier alpha value is -18.0. The number of pyridine rings is 8. The van der Waals surface area contributed by atoms with Crippen molar-refractivity contribution in [1.29, 1.82) is 0 Å². The normalized spacial score (nSPS) is 13.5. The third kappa shape index (κ3) is 10.2. The molecule has 36 rings (SSSR count). The van der Waals surface area contributed by atoms with Crippen LogP contribution in [0.1, 0.15) is 89.0 Å². The van der Waals surface area contributed by atoms with Crippen LogP contribution in [0.4, 0.5) is 0 Å². The molecule has 0 atom stereocenters. The van der Waals surface area contributed by atoms with Crippen molar-refractivity contribution < 1.29 is 0 Å². The highest BCUT2D eigenvalue weighted by Crippen LogP contribution is 2.56. The lowest BCUT2D eigenvalue weighted by molar-refractivity contribution is 1.17. The van der Waals surface area contributed by atoms with Gasteiger partial charge in [-0.15, -0.1) is 0 Å². The van der Waals surface area contributed by atoms with Gasteiger partial charge in [0.25, 0.3) is 0 Å². The molecule has 8 aliphatic carbocycles. The average molecular weight is 1780 g/mol. The summed E-state index contributed by atoms with van der Waals surface area (Å²) in [7, 11) is 0. The maximum absolute atomic E-state index is 5.09. The molecule has 0 bridgehead atoms. The first-order valence-corrected chi connectivity index (χ1v) is 48.8. The minimum absolute atomic E-state index is 0.930. The van der Waals surface area contributed by atoms with Crippen molar-refractivity contribution in [1.82, 2.24) is 57.5 Å². The molecule has 648 valence electrons. The molecule has 0 amide bonds. The number of rotatable bonds is 0. The van der Waals surface area contributed by atoms with Crippen molar-refractivity contribution in [3.63, 3.8) is 0 Å². The predicted octanol–water partition coefficient (Wildman–Crippen LogP) is 29.3. The molecule has 12 heterocycles. The molecular weight excluding hydrogens is 1710 g/mol. The van der Waals surface area contributed by atoms with E-state index >= 15 is 0 Å². The number of nitrogens with zero attached hydrogens (tertiary/aromatic N) is 12. The number of fused-ring (bicyclic) bond motifs is 63. The van der Waals surface area contributed by atoms with Crippen LogP contribution < -0.4 is 0 Å². The van der Waals surface area contributed by atoms with Crippen LogP contribution >= 0.6 is 0 Å². The van der Waals surface area contributed by atoms with Gasteiger partial charge >= 0.3 is 0 Å². The van der Waals surface area contributed by atoms with Gasteiger partial charge in [-0.05, 0) is 363 Å². The number of hydrogen-bond donors (Lipinski definition) is 0. The Labute approximate surface area is 799 Å². The van der Waals surface area contributed by atoms with Gasteiger partial charge < -0.3 is 0 Å². The van der Waals surface area contributed by atoms with Crippen molar-refractivity contribution in [3.8, 4) is 89.0 Å². The van der Waals surface area contributed by atoms with Crippen LogP contribution in [0.3, 0.4) is 0 Å². The van der Waals surface area contributed by atoms with Crippen LogP contribution in [0.5, 0.6) is 0 Å². The fourth-order valence-electron chi connectivity index (χ4n) is 26.6. The minimum Gasteiger partial charge on any atom is -0.290 e. The molecule has 0 unspecified atom stereocenters. The van der Waals surface area contributed by atoms with Gasteiger partial charge in [-0.1, -0.05) is 206 Å².